The van der Waals surface area contributed by atoms with Gasteiger partial charge < -0.3 is 9.47 Å². The van der Waals surface area contributed by atoms with Crippen molar-refractivity contribution in [1.29, 1.82) is 0 Å². The van der Waals surface area contributed by atoms with Crippen LogP contribution in [0, 0.1) is 0 Å². The molecule has 0 aliphatic rings. The third-order valence-corrected chi connectivity index (χ3v) is 4.71. The van der Waals surface area contributed by atoms with E-state index in [0.717, 1.165) is 47.6 Å². The first-order chi connectivity index (χ1) is 12.7. The van der Waals surface area contributed by atoms with E-state index in [1.807, 2.05) is 48.5 Å². The summed E-state index contributed by atoms with van der Waals surface area (Å²) in [5.41, 5.74) is 0. The van der Waals surface area contributed by atoms with Gasteiger partial charge >= 0.3 is 0 Å². The highest BCUT2D eigenvalue weighted by Crippen LogP contribution is 2.17. The van der Waals surface area contributed by atoms with Crippen LogP contribution in [0.5, 0.6) is 11.5 Å². The summed E-state index contributed by atoms with van der Waals surface area (Å²) < 4.78 is 11.4. The number of ether oxygens (including phenoxy) is 2. The Kier molecular flexibility index (Phi) is 10.4. The van der Waals surface area contributed by atoms with Crippen molar-refractivity contribution in [2.75, 3.05) is 13.2 Å². The maximum absolute atomic E-state index is 5.85. The topological polar surface area (TPSA) is 18.5 Å². The molecule has 2 aromatic carbocycles. The molecule has 0 fully saturated rings. The van der Waals surface area contributed by atoms with Crippen LogP contribution in [0.2, 0.25) is 10.0 Å². The molecule has 0 saturated heterocycles. The summed E-state index contributed by atoms with van der Waals surface area (Å²) in [5, 5.41) is 1.49. The fourth-order valence-corrected chi connectivity index (χ4v) is 2.96. The average molecular weight is 395 g/mol. The molecule has 0 aliphatic carbocycles. The second-order valence-electron chi connectivity index (χ2n) is 6.43. The second kappa shape index (κ2) is 12.9. The van der Waals surface area contributed by atoms with E-state index in [0.29, 0.717) is 0 Å². The average Bonchev–Trinajstić information content (AvgIpc) is 2.65. The van der Waals surface area contributed by atoms with Crippen molar-refractivity contribution in [1.82, 2.24) is 0 Å². The van der Waals surface area contributed by atoms with Gasteiger partial charge in [0, 0.05) is 10.0 Å². The Bertz CT molecular complexity index is 541. The summed E-state index contributed by atoms with van der Waals surface area (Å²) in [5.74, 6) is 1.80. The fraction of sp³-hybridized carbons (Fsp3) is 0.455. The molecular weight excluding hydrogens is 367 g/mol. The van der Waals surface area contributed by atoms with Crippen LogP contribution in [0.3, 0.4) is 0 Å². The molecule has 2 nitrogen and oxygen atoms in total. The van der Waals surface area contributed by atoms with Crippen LogP contribution in [0.4, 0.5) is 0 Å². The minimum Gasteiger partial charge on any atom is -0.494 e. The van der Waals surface area contributed by atoms with Crippen LogP contribution in [0.15, 0.2) is 48.5 Å². The Morgan fingerprint density at radius 1 is 0.462 bits per heavy atom. The zero-order chi connectivity index (χ0) is 18.5. The van der Waals surface area contributed by atoms with E-state index in [1.54, 1.807) is 0 Å². The molecule has 142 valence electrons. The van der Waals surface area contributed by atoms with Gasteiger partial charge in [-0.1, -0.05) is 61.7 Å². The molecule has 0 aliphatic heterocycles. The first-order valence-electron chi connectivity index (χ1n) is 9.51. The fourth-order valence-electron chi connectivity index (χ4n) is 2.71. The lowest BCUT2D eigenvalue weighted by molar-refractivity contribution is 0.301. The van der Waals surface area contributed by atoms with Crippen molar-refractivity contribution in [3.8, 4) is 11.5 Å². The van der Waals surface area contributed by atoms with Crippen LogP contribution in [0.25, 0.3) is 0 Å². The maximum Gasteiger partial charge on any atom is 0.119 e. The zero-order valence-corrected chi connectivity index (χ0v) is 16.8. The lowest BCUT2D eigenvalue weighted by Gasteiger charge is -2.07. The van der Waals surface area contributed by atoms with E-state index >= 15 is 0 Å². The first-order valence-corrected chi connectivity index (χ1v) is 10.3. The summed E-state index contributed by atoms with van der Waals surface area (Å²) in [6.07, 6.45) is 9.85. The molecule has 0 radical (unpaired) electrons. The van der Waals surface area contributed by atoms with E-state index < -0.39 is 0 Å². The van der Waals surface area contributed by atoms with Gasteiger partial charge in [-0.2, -0.15) is 0 Å². The van der Waals surface area contributed by atoms with Crippen LogP contribution >= 0.6 is 23.2 Å². The van der Waals surface area contributed by atoms with Gasteiger partial charge in [-0.05, 0) is 61.4 Å². The van der Waals surface area contributed by atoms with Gasteiger partial charge in [0.15, 0.2) is 0 Å². The van der Waals surface area contributed by atoms with Crippen molar-refractivity contribution in [2.24, 2.45) is 0 Å². The predicted molar refractivity (Wildman–Crippen MR) is 111 cm³/mol. The van der Waals surface area contributed by atoms with E-state index in [2.05, 4.69) is 0 Å². The van der Waals surface area contributed by atoms with Crippen molar-refractivity contribution in [2.45, 2.75) is 51.4 Å². The van der Waals surface area contributed by atoms with Gasteiger partial charge in [-0.3, -0.25) is 0 Å². The molecule has 4 heteroatoms. The molecule has 0 aromatic heterocycles. The monoisotopic (exact) mass is 394 g/mol. The standard InChI is InChI=1S/C22H28Cl2O2/c23-19-9-13-21(14-10-19)25-17-7-5-3-1-2-4-6-8-18-26-22-15-11-20(24)12-16-22/h9-16H,1-8,17-18H2. The molecule has 0 atom stereocenters. The Labute approximate surface area is 167 Å². The van der Waals surface area contributed by atoms with Crippen molar-refractivity contribution in [3.63, 3.8) is 0 Å². The van der Waals surface area contributed by atoms with Gasteiger partial charge in [0.1, 0.15) is 11.5 Å². The Morgan fingerprint density at radius 3 is 1.12 bits per heavy atom. The number of benzene rings is 2. The van der Waals surface area contributed by atoms with Crippen LogP contribution in [-0.4, -0.2) is 13.2 Å². The first kappa shape index (κ1) is 20.9. The van der Waals surface area contributed by atoms with Gasteiger partial charge in [0.25, 0.3) is 0 Å². The number of halogens is 2. The maximum atomic E-state index is 5.85. The number of unbranched alkanes of at least 4 members (excludes halogenated alkanes) is 7. The molecular formula is C22H28Cl2O2. The smallest absolute Gasteiger partial charge is 0.119 e. The third kappa shape index (κ3) is 9.35. The van der Waals surface area contributed by atoms with E-state index in [4.69, 9.17) is 32.7 Å². The van der Waals surface area contributed by atoms with Crippen molar-refractivity contribution < 1.29 is 9.47 Å². The van der Waals surface area contributed by atoms with E-state index in [-0.39, 0.29) is 0 Å². The summed E-state index contributed by atoms with van der Waals surface area (Å²) in [4.78, 5) is 0. The molecule has 0 saturated carbocycles. The molecule has 0 spiro atoms. The highest BCUT2D eigenvalue weighted by Gasteiger charge is 1.97. The van der Waals surface area contributed by atoms with Crippen LogP contribution in [-0.2, 0) is 0 Å². The quantitative estimate of drug-likeness (QED) is 0.326. The number of rotatable bonds is 13. The molecule has 2 aromatic rings. The molecule has 2 rings (SSSR count). The molecule has 0 bridgehead atoms. The number of hydrogen-bond donors (Lipinski definition) is 0. The molecule has 26 heavy (non-hydrogen) atoms. The number of hydrogen-bond acceptors (Lipinski definition) is 2. The Hall–Kier alpha value is -1.38. The minimum atomic E-state index is 0.744. The molecule has 0 amide bonds. The highest BCUT2D eigenvalue weighted by atomic mass is 35.5. The minimum absolute atomic E-state index is 0.744. The summed E-state index contributed by atoms with van der Waals surface area (Å²) >= 11 is 11.7. The Balaban J connectivity index is 1.35. The van der Waals surface area contributed by atoms with Crippen molar-refractivity contribution >= 4 is 23.2 Å². The lowest BCUT2D eigenvalue weighted by Crippen LogP contribution is -1.97. The van der Waals surface area contributed by atoms with Gasteiger partial charge in [0.2, 0.25) is 0 Å². The van der Waals surface area contributed by atoms with Gasteiger partial charge in [-0.25, -0.2) is 0 Å². The lowest BCUT2D eigenvalue weighted by atomic mass is 10.1. The Morgan fingerprint density at radius 2 is 0.769 bits per heavy atom. The summed E-state index contributed by atoms with van der Waals surface area (Å²) in [7, 11) is 0. The van der Waals surface area contributed by atoms with E-state index in [9.17, 15) is 0 Å². The van der Waals surface area contributed by atoms with E-state index in [1.165, 1.54) is 38.5 Å². The van der Waals surface area contributed by atoms with Crippen molar-refractivity contribution in [3.05, 3.63) is 58.6 Å². The predicted octanol–water partition coefficient (Wildman–Crippen LogP) is 7.57. The molecule has 0 unspecified atom stereocenters. The normalized spacial score (nSPS) is 10.7. The van der Waals surface area contributed by atoms with Gasteiger partial charge in [-0.15, -0.1) is 0 Å². The zero-order valence-electron chi connectivity index (χ0n) is 15.3. The second-order valence-corrected chi connectivity index (χ2v) is 7.31. The van der Waals surface area contributed by atoms with Crippen LogP contribution < -0.4 is 9.47 Å². The van der Waals surface area contributed by atoms with Gasteiger partial charge in [0.05, 0.1) is 13.2 Å². The summed E-state index contributed by atoms with van der Waals surface area (Å²) in [6.45, 7) is 1.56. The molecule has 0 heterocycles. The molecule has 0 N–H and O–H groups in total. The largest absolute Gasteiger partial charge is 0.494 e. The third-order valence-electron chi connectivity index (χ3n) is 4.20. The summed E-state index contributed by atoms with van der Waals surface area (Å²) in [6, 6.07) is 15.1. The highest BCUT2D eigenvalue weighted by molar-refractivity contribution is 6.30. The SMILES string of the molecule is Clc1ccc(OCCCCCCCCCCOc2ccc(Cl)cc2)cc1. The van der Waals surface area contributed by atoms with Crippen LogP contribution in [0.1, 0.15) is 51.4 Å².